The Hall–Kier alpha value is -0.160. The largest absolute Gasteiger partial charge is 0.629 e. The Morgan fingerprint density at radius 1 is 0.800 bits per heavy atom. The van der Waals surface area contributed by atoms with E-state index in [1.54, 1.807) is 6.92 Å². The molecule has 0 aliphatic rings. The van der Waals surface area contributed by atoms with E-state index < -0.39 is 10.6 Å². The number of unbranched alkanes of at least 4 members (excludes halogenated alkanes) is 9. The first kappa shape index (κ1) is 19.8. The van der Waals surface area contributed by atoms with Gasteiger partial charge < -0.3 is 20.1 Å². The van der Waals surface area contributed by atoms with Crippen LogP contribution in [0, 0.1) is 5.21 Å². The SMILES string of the molecule is CCCCCCCCCCCC[N+](C)([O-])C(O)(O)CC. The summed E-state index contributed by atoms with van der Waals surface area (Å²) in [6, 6.07) is 0. The van der Waals surface area contributed by atoms with E-state index in [1.807, 2.05) is 0 Å². The van der Waals surface area contributed by atoms with Crippen molar-refractivity contribution in [3.8, 4) is 0 Å². The van der Waals surface area contributed by atoms with E-state index in [0.29, 0.717) is 0 Å². The molecule has 0 heterocycles. The van der Waals surface area contributed by atoms with Crippen LogP contribution >= 0.6 is 0 Å². The maximum absolute atomic E-state index is 12.0. The van der Waals surface area contributed by atoms with Crippen LogP contribution in [0.15, 0.2) is 0 Å². The summed E-state index contributed by atoms with van der Waals surface area (Å²) in [7, 11) is 1.34. The van der Waals surface area contributed by atoms with Crippen LogP contribution in [0.4, 0.5) is 0 Å². The number of hydrogen-bond donors (Lipinski definition) is 2. The van der Waals surface area contributed by atoms with Crippen molar-refractivity contribution in [3.63, 3.8) is 0 Å². The van der Waals surface area contributed by atoms with E-state index in [0.717, 1.165) is 19.3 Å². The highest BCUT2D eigenvalue weighted by Crippen LogP contribution is 2.21. The molecule has 0 aromatic carbocycles. The highest BCUT2D eigenvalue weighted by Gasteiger charge is 2.36. The predicted octanol–water partition coefficient (Wildman–Crippen LogP) is 3.90. The van der Waals surface area contributed by atoms with Crippen molar-refractivity contribution in [1.82, 2.24) is 0 Å². The molecular formula is C16H35NO3. The van der Waals surface area contributed by atoms with E-state index >= 15 is 0 Å². The Kier molecular flexibility index (Phi) is 10.5. The molecule has 0 aliphatic heterocycles. The molecule has 0 rings (SSSR count). The third-order valence-electron chi connectivity index (χ3n) is 4.17. The van der Waals surface area contributed by atoms with Crippen LogP contribution in [-0.2, 0) is 0 Å². The fourth-order valence-electron chi connectivity index (χ4n) is 2.41. The lowest BCUT2D eigenvalue weighted by Gasteiger charge is -2.47. The summed E-state index contributed by atoms with van der Waals surface area (Å²) in [6.45, 7) is 4.12. The molecule has 0 bridgehead atoms. The molecule has 0 fully saturated rings. The summed E-state index contributed by atoms with van der Waals surface area (Å²) in [5.41, 5.74) is 0. The van der Waals surface area contributed by atoms with Gasteiger partial charge in [-0.3, -0.25) is 0 Å². The molecule has 0 aromatic rings. The normalized spacial score (nSPS) is 15.3. The van der Waals surface area contributed by atoms with Crippen molar-refractivity contribution < 1.29 is 14.9 Å². The van der Waals surface area contributed by atoms with Crippen LogP contribution in [0.5, 0.6) is 0 Å². The molecule has 0 aliphatic carbocycles. The first-order valence-corrected chi connectivity index (χ1v) is 8.38. The van der Waals surface area contributed by atoms with Gasteiger partial charge in [0.05, 0.1) is 20.0 Å². The van der Waals surface area contributed by atoms with Gasteiger partial charge >= 0.3 is 5.91 Å². The lowest BCUT2D eigenvalue weighted by atomic mass is 10.1. The van der Waals surface area contributed by atoms with Gasteiger partial charge in [0, 0.05) is 0 Å². The van der Waals surface area contributed by atoms with E-state index in [-0.39, 0.29) is 13.0 Å². The molecule has 1 unspecified atom stereocenters. The highest BCUT2D eigenvalue weighted by molar-refractivity contribution is 4.53. The Balaban J connectivity index is 3.48. The van der Waals surface area contributed by atoms with Crippen molar-refractivity contribution in [3.05, 3.63) is 5.21 Å². The smallest absolute Gasteiger partial charge is 0.313 e. The van der Waals surface area contributed by atoms with Crippen LogP contribution < -0.4 is 0 Å². The quantitative estimate of drug-likeness (QED) is 0.234. The van der Waals surface area contributed by atoms with E-state index in [2.05, 4.69) is 6.92 Å². The number of quaternary nitrogens is 1. The molecule has 122 valence electrons. The molecule has 2 N–H and O–H groups in total. The molecule has 0 saturated heterocycles. The van der Waals surface area contributed by atoms with Crippen molar-refractivity contribution in [2.75, 3.05) is 13.6 Å². The van der Waals surface area contributed by atoms with E-state index in [9.17, 15) is 15.4 Å². The third-order valence-corrected chi connectivity index (χ3v) is 4.17. The van der Waals surface area contributed by atoms with Crippen LogP contribution in [-0.4, -0.2) is 34.4 Å². The molecule has 0 amide bonds. The van der Waals surface area contributed by atoms with Gasteiger partial charge in [-0.05, 0) is 12.8 Å². The summed E-state index contributed by atoms with van der Waals surface area (Å²) < 4.78 is -0.972. The van der Waals surface area contributed by atoms with Gasteiger partial charge in [-0.2, -0.15) is 0 Å². The predicted molar refractivity (Wildman–Crippen MR) is 83.7 cm³/mol. The number of hydroxylamine groups is 3. The van der Waals surface area contributed by atoms with Crippen molar-refractivity contribution in [2.45, 2.75) is 90.4 Å². The Bertz CT molecular complexity index is 230. The average Bonchev–Trinajstić information content (AvgIpc) is 2.40. The van der Waals surface area contributed by atoms with Gasteiger partial charge in [0.1, 0.15) is 0 Å². The van der Waals surface area contributed by atoms with Gasteiger partial charge in [0.25, 0.3) is 0 Å². The molecule has 4 nitrogen and oxygen atoms in total. The standard InChI is InChI=1S/C16H35NO3/c1-4-6-7-8-9-10-11-12-13-14-15-17(3,20)16(18,19)5-2/h18-19H,4-15H2,1-3H3. The summed E-state index contributed by atoms with van der Waals surface area (Å²) >= 11 is 0. The van der Waals surface area contributed by atoms with Gasteiger partial charge in [0.2, 0.25) is 0 Å². The maximum Gasteiger partial charge on any atom is 0.313 e. The summed E-state index contributed by atoms with van der Waals surface area (Å²) in [4.78, 5) is 0. The van der Waals surface area contributed by atoms with Crippen LogP contribution in [0.3, 0.4) is 0 Å². The molecule has 4 heteroatoms. The van der Waals surface area contributed by atoms with Crippen molar-refractivity contribution >= 4 is 0 Å². The summed E-state index contributed by atoms with van der Waals surface area (Å²) in [6.07, 6.45) is 12.1. The van der Waals surface area contributed by atoms with Crippen molar-refractivity contribution in [2.24, 2.45) is 0 Å². The monoisotopic (exact) mass is 289 g/mol. The zero-order chi connectivity index (χ0) is 15.5. The highest BCUT2D eigenvalue weighted by atomic mass is 16.7. The number of hydrogen-bond acceptors (Lipinski definition) is 3. The lowest BCUT2D eigenvalue weighted by Crippen LogP contribution is -2.58. The zero-order valence-corrected chi connectivity index (χ0v) is 13.7. The fourth-order valence-corrected chi connectivity index (χ4v) is 2.41. The van der Waals surface area contributed by atoms with Gasteiger partial charge in [0.15, 0.2) is 0 Å². The number of nitrogens with zero attached hydrogens (tertiary/aromatic N) is 1. The molecule has 0 radical (unpaired) electrons. The van der Waals surface area contributed by atoms with Gasteiger partial charge in [-0.25, -0.2) is 0 Å². The van der Waals surface area contributed by atoms with Crippen LogP contribution in [0.2, 0.25) is 0 Å². The van der Waals surface area contributed by atoms with E-state index in [1.165, 1.54) is 52.0 Å². The summed E-state index contributed by atoms with van der Waals surface area (Å²) in [5, 5.41) is 31.2. The fraction of sp³-hybridized carbons (Fsp3) is 1.00. The average molecular weight is 289 g/mol. The van der Waals surface area contributed by atoms with Crippen LogP contribution in [0.25, 0.3) is 0 Å². The number of aliphatic hydroxyl groups is 2. The van der Waals surface area contributed by atoms with Crippen molar-refractivity contribution in [1.29, 1.82) is 0 Å². The number of rotatable bonds is 13. The minimum absolute atomic E-state index is 0.0603. The molecule has 0 spiro atoms. The third kappa shape index (κ3) is 8.20. The van der Waals surface area contributed by atoms with Gasteiger partial charge in [-0.15, -0.1) is 0 Å². The second kappa shape index (κ2) is 10.6. The zero-order valence-electron chi connectivity index (χ0n) is 13.7. The summed E-state index contributed by atoms with van der Waals surface area (Å²) in [5.74, 6) is -2.14. The molecular weight excluding hydrogens is 254 g/mol. The first-order valence-electron chi connectivity index (χ1n) is 8.38. The topological polar surface area (TPSA) is 63.5 Å². The molecule has 20 heavy (non-hydrogen) atoms. The second-order valence-corrected chi connectivity index (χ2v) is 6.13. The second-order valence-electron chi connectivity index (χ2n) is 6.13. The molecule has 0 saturated carbocycles. The lowest BCUT2D eigenvalue weighted by molar-refractivity contribution is -0.970. The Morgan fingerprint density at radius 2 is 1.20 bits per heavy atom. The maximum atomic E-state index is 12.0. The minimum Gasteiger partial charge on any atom is -0.629 e. The molecule has 0 aromatic heterocycles. The van der Waals surface area contributed by atoms with Gasteiger partial charge in [-0.1, -0.05) is 65.2 Å². The molecule has 1 atom stereocenters. The Morgan fingerprint density at radius 3 is 1.60 bits per heavy atom. The Labute approximate surface area is 125 Å². The van der Waals surface area contributed by atoms with E-state index in [4.69, 9.17) is 0 Å². The first-order chi connectivity index (χ1) is 9.37. The minimum atomic E-state index is -2.14. The van der Waals surface area contributed by atoms with Crippen LogP contribution in [0.1, 0.15) is 84.5 Å².